The number of rotatable bonds is 5. The Morgan fingerprint density at radius 1 is 1.33 bits per heavy atom. The summed E-state index contributed by atoms with van der Waals surface area (Å²) in [7, 11) is 0. The normalized spacial score (nSPS) is 25.9. The highest BCUT2D eigenvalue weighted by atomic mass is 35.5. The fourth-order valence-corrected chi connectivity index (χ4v) is 4.03. The number of carbonyl (C=O) groups is 1. The number of hydrogen-bond donors (Lipinski definition) is 1. The van der Waals surface area contributed by atoms with Crippen molar-refractivity contribution < 1.29 is 13.9 Å². The molecule has 2 fully saturated rings. The standard InChI is InChI=1S/C18H24ClFN2O2/c19-16-10-14(20)2-1-13(16)11-22-6-3-12(4-7-22)9-17-15(18(21)23)5-8-24-17/h1-2,10,12,15,17H,3-9,11H2,(H2,21,23)/t15-,17-/m1/s1. The molecule has 1 aromatic carbocycles. The summed E-state index contributed by atoms with van der Waals surface area (Å²) in [5.41, 5.74) is 6.42. The number of piperidine rings is 1. The van der Waals surface area contributed by atoms with E-state index < -0.39 is 0 Å². The number of nitrogens with zero attached hydrogens (tertiary/aromatic N) is 1. The molecule has 2 aliphatic rings. The third kappa shape index (κ3) is 4.26. The minimum absolute atomic E-state index is 0.00871. The van der Waals surface area contributed by atoms with Gasteiger partial charge in [0.2, 0.25) is 5.91 Å². The highest BCUT2D eigenvalue weighted by molar-refractivity contribution is 6.31. The van der Waals surface area contributed by atoms with Gasteiger partial charge in [-0.1, -0.05) is 17.7 Å². The van der Waals surface area contributed by atoms with Gasteiger partial charge in [0, 0.05) is 18.2 Å². The van der Waals surface area contributed by atoms with Crippen molar-refractivity contribution in [3.8, 4) is 0 Å². The Labute approximate surface area is 147 Å². The van der Waals surface area contributed by atoms with Crippen LogP contribution in [0.2, 0.25) is 5.02 Å². The fraction of sp³-hybridized carbons (Fsp3) is 0.611. The van der Waals surface area contributed by atoms with Gasteiger partial charge in [-0.25, -0.2) is 4.39 Å². The molecule has 2 saturated heterocycles. The van der Waals surface area contributed by atoms with Gasteiger partial charge in [0.15, 0.2) is 0 Å². The lowest BCUT2D eigenvalue weighted by Gasteiger charge is -2.33. The first kappa shape index (κ1) is 17.6. The Balaban J connectivity index is 1.48. The molecule has 0 unspecified atom stereocenters. The smallest absolute Gasteiger partial charge is 0.223 e. The Morgan fingerprint density at radius 2 is 2.08 bits per heavy atom. The van der Waals surface area contributed by atoms with Crippen molar-refractivity contribution in [2.45, 2.75) is 38.3 Å². The zero-order chi connectivity index (χ0) is 17.1. The van der Waals surface area contributed by atoms with E-state index in [0.29, 0.717) is 17.5 Å². The van der Waals surface area contributed by atoms with Crippen molar-refractivity contribution >= 4 is 17.5 Å². The third-order valence-corrected chi connectivity index (χ3v) is 5.61. The maximum absolute atomic E-state index is 13.1. The number of carbonyl (C=O) groups excluding carboxylic acids is 1. The van der Waals surface area contributed by atoms with Crippen LogP contribution in [0.3, 0.4) is 0 Å². The van der Waals surface area contributed by atoms with Crippen LogP contribution < -0.4 is 5.73 Å². The predicted molar refractivity (Wildman–Crippen MR) is 91.1 cm³/mol. The molecular weight excluding hydrogens is 331 g/mol. The van der Waals surface area contributed by atoms with Crippen LogP contribution in [0.1, 0.15) is 31.2 Å². The van der Waals surface area contributed by atoms with Crippen LogP contribution in [-0.4, -0.2) is 36.6 Å². The average molecular weight is 355 g/mol. The summed E-state index contributed by atoms with van der Waals surface area (Å²) >= 11 is 6.11. The van der Waals surface area contributed by atoms with Crippen LogP contribution in [0, 0.1) is 17.7 Å². The zero-order valence-corrected chi connectivity index (χ0v) is 14.5. The molecule has 0 aromatic heterocycles. The van der Waals surface area contributed by atoms with Crippen LogP contribution >= 0.6 is 11.6 Å². The fourth-order valence-electron chi connectivity index (χ4n) is 3.81. The van der Waals surface area contributed by atoms with Gasteiger partial charge in [-0.3, -0.25) is 9.69 Å². The number of likely N-dealkylation sites (tertiary alicyclic amines) is 1. The second-order valence-corrected chi connectivity index (χ2v) is 7.30. The van der Waals surface area contributed by atoms with Gasteiger partial charge in [0.05, 0.1) is 12.0 Å². The summed E-state index contributed by atoms with van der Waals surface area (Å²) in [5.74, 6) is -0.0974. The van der Waals surface area contributed by atoms with Crippen LogP contribution in [0.4, 0.5) is 4.39 Å². The van der Waals surface area contributed by atoms with E-state index in [-0.39, 0.29) is 23.7 Å². The molecule has 2 atom stereocenters. The lowest BCUT2D eigenvalue weighted by molar-refractivity contribution is -0.123. The number of primary amides is 1. The van der Waals surface area contributed by atoms with Crippen molar-refractivity contribution in [1.82, 2.24) is 4.90 Å². The SMILES string of the molecule is NC(=O)[C@@H]1CCO[C@@H]1CC1CCN(Cc2ccc(F)cc2Cl)CC1. The first-order valence-corrected chi connectivity index (χ1v) is 8.98. The van der Waals surface area contributed by atoms with Gasteiger partial charge in [0.1, 0.15) is 5.82 Å². The van der Waals surface area contributed by atoms with E-state index >= 15 is 0 Å². The molecule has 4 nitrogen and oxygen atoms in total. The van der Waals surface area contributed by atoms with Gasteiger partial charge in [-0.2, -0.15) is 0 Å². The van der Waals surface area contributed by atoms with Gasteiger partial charge in [-0.15, -0.1) is 0 Å². The maximum atomic E-state index is 13.1. The molecule has 132 valence electrons. The third-order valence-electron chi connectivity index (χ3n) is 5.26. The monoisotopic (exact) mass is 354 g/mol. The quantitative estimate of drug-likeness (QED) is 0.884. The van der Waals surface area contributed by atoms with E-state index in [0.717, 1.165) is 50.9 Å². The highest BCUT2D eigenvalue weighted by Gasteiger charge is 2.35. The topological polar surface area (TPSA) is 55.6 Å². The summed E-state index contributed by atoms with van der Waals surface area (Å²) in [6, 6.07) is 4.58. The predicted octanol–water partition coefficient (Wildman–Crippen LogP) is 2.97. The number of ether oxygens (including phenoxy) is 1. The molecule has 1 aromatic rings. The number of hydrogen-bond acceptors (Lipinski definition) is 3. The number of amides is 1. The largest absolute Gasteiger partial charge is 0.377 e. The Hall–Kier alpha value is -1.17. The highest BCUT2D eigenvalue weighted by Crippen LogP contribution is 2.31. The summed E-state index contributed by atoms with van der Waals surface area (Å²) < 4.78 is 18.8. The van der Waals surface area contributed by atoms with E-state index in [4.69, 9.17) is 22.1 Å². The molecule has 2 aliphatic heterocycles. The van der Waals surface area contributed by atoms with E-state index in [1.165, 1.54) is 12.1 Å². The zero-order valence-electron chi connectivity index (χ0n) is 13.7. The molecule has 0 spiro atoms. The first-order chi connectivity index (χ1) is 11.5. The molecule has 1 amide bonds. The van der Waals surface area contributed by atoms with Gasteiger partial charge < -0.3 is 10.5 Å². The van der Waals surface area contributed by atoms with Crippen molar-refractivity contribution in [3.05, 3.63) is 34.6 Å². The molecule has 0 bridgehead atoms. The summed E-state index contributed by atoms with van der Waals surface area (Å²) in [5, 5.41) is 0.487. The minimum atomic E-state index is -0.303. The summed E-state index contributed by atoms with van der Waals surface area (Å²) in [6.07, 6.45) is 3.81. The average Bonchev–Trinajstić information content (AvgIpc) is 3.00. The van der Waals surface area contributed by atoms with E-state index in [2.05, 4.69) is 4.90 Å². The molecule has 2 heterocycles. The molecular formula is C18H24ClFN2O2. The number of benzene rings is 1. The van der Waals surface area contributed by atoms with E-state index in [1.807, 2.05) is 0 Å². The van der Waals surface area contributed by atoms with Crippen molar-refractivity contribution in [1.29, 1.82) is 0 Å². The lowest BCUT2D eigenvalue weighted by Crippen LogP contribution is -2.36. The minimum Gasteiger partial charge on any atom is -0.377 e. The molecule has 0 radical (unpaired) electrons. The second-order valence-electron chi connectivity index (χ2n) is 6.90. The van der Waals surface area contributed by atoms with Crippen LogP contribution in [0.25, 0.3) is 0 Å². The molecule has 2 N–H and O–H groups in total. The number of halogens is 2. The first-order valence-electron chi connectivity index (χ1n) is 8.60. The van der Waals surface area contributed by atoms with Crippen molar-refractivity contribution in [2.75, 3.05) is 19.7 Å². The Bertz CT molecular complexity index is 590. The molecule has 6 heteroatoms. The van der Waals surface area contributed by atoms with Crippen molar-refractivity contribution in [2.24, 2.45) is 17.6 Å². The van der Waals surface area contributed by atoms with E-state index in [9.17, 15) is 9.18 Å². The van der Waals surface area contributed by atoms with E-state index in [1.54, 1.807) is 6.07 Å². The second kappa shape index (κ2) is 7.81. The molecule has 24 heavy (non-hydrogen) atoms. The molecule has 0 saturated carbocycles. The van der Waals surface area contributed by atoms with Crippen LogP contribution in [0.15, 0.2) is 18.2 Å². The molecule has 3 rings (SSSR count). The Morgan fingerprint density at radius 3 is 2.75 bits per heavy atom. The molecule has 0 aliphatic carbocycles. The Kier molecular flexibility index (Phi) is 5.74. The van der Waals surface area contributed by atoms with Gasteiger partial charge in [0.25, 0.3) is 0 Å². The summed E-state index contributed by atoms with van der Waals surface area (Å²) in [6.45, 7) is 3.34. The number of nitrogens with two attached hydrogens (primary N) is 1. The summed E-state index contributed by atoms with van der Waals surface area (Å²) in [4.78, 5) is 13.8. The van der Waals surface area contributed by atoms with Gasteiger partial charge >= 0.3 is 0 Å². The maximum Gasteiger partial charge on any atom is 0.223 e. The van der Waals surface area contributed by atoms with Gasteiger partial charge in [-0.05, 0) is 62.4 Å². The van der Waals surface area contributed by atoms with Crippen LogP contribution in [-0.2, 0) is 16.1 Å². The van der Waals surface area contributed by atoms with Crippen LogP contribution in [0.5, 0.6) is 0 Å². The lowest BCUT2D eigenvalue weighted by atomic mass is 9.86. The van der Waals surface area contributed by atoms with Crippen molar-refractivity contribution in [3.63, 3.8) is 0 Å².